The standard InChI is InChI=1S/C16H20N2O/c1-11-4-5-13(8-12(11)2)14-9-15(18-19-14)16(10-17)6-3-7-16/h4-5,8-9H,3,6-7,10,17H2,1-2H3. The van der Waals surface area contributed by atoms with Gasteiger partial charge in [-0.1, -0.05) is 23.7 Å². The van der Waals surface area contributed by atoms with Gasteiger partial charge in [-0.3, -0.25) is 0 Å². The molecule has 1 aliphatic rings. The van der Waals surface area contributed by atoms with Crippen LogP contribution < -0.4 is 5.73 Å². The highest BCUT2D eigenvalue weighted by atomic mass is 16.5. The van der Waals surface area contributed by atoms with Gasteiger partial charge in [-0.25, -0.2) is 0 Å². The summed E-state index contributed by atoms with van der Waals surface area (Å²) in [5.41, 5.74) is 10.7. The molecule has 1 fully saturated rings. The first kappa shape index (κ1) is 12.4. The fourth-order valence-corrected chi connectivity index (χ4v) is 2.72. The van der Waals surface area contributed by atoms with Crippen LogP contribution in [-0.4, -0.2) is 11.7 Å². The molecule has 0 atom stereocenters. The Morgan fingerprint density at radius 2 is 2.00 bits per heavy atom. The smallest absolute Gasteiger partial charge is 0.167 e. The van der Waals surface area contributed by atoms with E-state index in [1.54, 1.807) is 0 Å². The number of hydrogen-bond donors (Lipinski definition) is 1. The summed E-state index contributed by atoms with van der Waals surface area (Å²) in [6.45, 7) is 4.89. The minimum Gasteiger partial charge on any atom is -0.356 e. The lowest BCUT2D eigenvalue weighted by Gasteiger charge is -2.38. The van der Waals surface area contributed by atoms with E-state index in [4.69, 9.17) is 10.3 Å². The average Bonchev–Trinajstić information content (AvgIpc) is 2.82. The summed E-state index contributed by atoms with van der Waals surface area (Å²) in [6, 6.07) is 8.42. The molecule has 0 unspecified atom stereocenters. The highest BCUT2D eigenvalue weighted by Crippen LogP contribution is 2.43. The number of benzene rings is 1. The molecule has 0 saturated heterocycles. The van der Waals surface area contributed by atoms with Gasteiger partial charge in [0.25, 0.3) is 0 Å². The van der Waals surface area contributed by atoms with Crippen molar-refractivity contribution in [2.24, 2.45) is 5.73 Å². The number of rotatable bonds is 3. The van der Waals surface area contributed by atoms with Crippen molar-refractivity contribution in [1.29, 1.82) is 0 Å². The summed E-state index contributed by atoms with van der Waals surface area (Å²) in [6.07, 6.45) is 3.49. The third kappa shape index (κ3) is 1.98. The van der Waals surface area contributed by atoms with Crippen molar-refractivity contribution in [3.05, 3.63) is 41.1 Å². The Hall–Kier alpha value is -1.61. The van der Waals surface area contributed by atoms with E-state index in [1.807, 2.05) is 0 Å². The van der Waals surface area contributed by atoms with Gasteiger partial charge in [-0.15, -0.1) is 0 Å². The first-order valence-electron chi connectivity index (χ1n) is 6.89. The van der Waals surface area contributed by atoms with Crippen LogP contribution in [0, 0.1) is 13.8 Å². The van der Waals surface area contributed by atoms with Crippen LogP contribution in [0.2, 0.25) is 0 Å². The Balaban J connectivity index is 1.94. The monoisotopic (exact) mass is 256 g/mol. The van der Waals surface area contributed by atoms with Gasteiger partial charge in [0, 0.05) is 23.6 Å². The molecule has 1 saturated carbocycles. The minimum atomic E-state index is 0.0709. The van der Waals surface area contributed by atoms with Gasteiger partial charge in [0.15, 0.2) is 5.76 Å². The minimum absolute atomic E-state index is 0.0709. The van der Waals surface area contributed by atoms with Crippen LogP contribution >= 0.6 is 0 Å². The van der Waals surface area contributed by atoms with Crippen LogP contribution in [-0.2, 0) is 5.41 Å². The SMILES string of the molecule is Cc1ccc(-c2cc(C3(CN)CCC3)no2)cc1C. The van der Waals surface area contributed by atoms with Crippen molar-refractivity contribution >= 4 is 0 Å². The molecule has 1 aromatic carbocycles. The Bertz CT molecular complexity index is 591. The number of aryl methyl sites for hydroxylation is 2. The van der Waals surface area contributed by atoms with Gasteiger partial charge in [0.05, 0.1) is 5.69 Å². The van der Waals surface area contributed by atoms with E-state index in [0.29, 0.717) is 6.54 Å². The van der Waals surface area contributed by atoms with E-state index >= 15 is 0 Å². The summed E-state index contributed by atoms with van der Waals surface area (Å²) in [7, 11) is 0. The zero-order valence-electron chi connectivity index (χ0n) is 11.6. The van der Waals surface area contributed by atoms with Crippen molar-refractivity contribution < 1.29 is 4.52 Å². The van der Waals surface area contributed by atoms with Crippen molar-refractivity contribution in [3.8, 4) is 11.3 Å². The van der Waals surface area contributed by atoms with Gasteiger partial charge >= 0.3 is 0 Å². The van der Waals surface area contributed by atoms with E-state index in [-0.39, 0.29) is 5.41 Å². The molecule has 1 heterocycles. The zero-order valence-corrected chi connectivity index (χ0v) is 11.6. The predicted molar refractivity (Wildman–Crippen MR) is 76.0 cm³/mol. The maximum Gasteiger partial charge on any atom is 0.167 e. The summed E-state index contributed by atoms with van der Waals surface area (Å²) in [5.74, 6) is 0.845. The summed E-state index contributed by atoms with van der Waals surface area (Å²) in [5, 5.41) is 4.25. The average molecular weight is 256 g/mol. The second kappa shape index (κ2) is 4.49. The molecule has 0 aliphatic heterocycles. The highest BCUT2D eigenvalue weighted by Gasteiger charge is 2.40. The first-order valence-corrected chi connectivity index (χ1v) is 6.89. The molecule has 0 radical (unpaired) electrons. The number of nitrogens with zero attached hydrogens (tertiary/aromatic N) is 1. The zero-order chi connectivity index (χ0) is 13.5. The molecule has 2 N–H and O–H groups in total. The van der Waals surface area contributed by atoms with E-state index < -0.39 is 0 Å². The van der Waals surface area contributed by atoms with E-state index in [1.165, 1.54) is 17.5 Å². The number of nitrogens with two attached hydrogens (primary N) is 1. The molecule has 100 valence electrons. The molecule has 19 heavy (non-hydrogen) atoms. The molecular formula is C16H20N2O. The fraction of sp³-hybridized carbons (Fsp3) is 0.438. The lowest BCUT2D eigenvalue weighted by molar-refractivity contribution is 0.234. The Labute approximate surface area is 113 Å². The Morgan fingerprint density at radius 1 is 1.21 bits per heavy atom. The Kier molecular flexibility index (Phi) is 2.94. The van der Waals surface area contributed by atoms with Crippen LogP contribution in [0.1, 0.15) is 36.1 Å². The van der Waals surface area contributed by atoms with Gasteiger partial charge < -0.3 is 10.3 Å². The fourth-order valence-electron chi connectivity index (χ4n) is 2.72. The van der Waals surface area contributed by atoms with Crippen LogP contribution in [0.25, 0.3) is 11.3 Å². The van der Waals surface area contributed by atoms with Crippen molar-refractivity contribution in [2.45, 2.75) is 38.5 Å². The molecular weight excluding hydrogens is 236 g/mol. The molecule has 1 aromatic heterocycles. The third-order valence-corrected chi connectivity index (χ3v) is 4.55. The molecule has 3 nitrogen and oxygen atoms in total. The quantitative estimate of drug-likeness (QED) is 0.916. The highest BCUT2D eigenvalue weighted by molar-refractivity contribution is 5.59. The molecule has 0 bridgehead atoms. The largest absolute Gasteiger partial charge is 0.356 e. The molecule has 1 aliphatic carbocycles. The first-order chi connectivity index (χ1) is 9.14. The Morgan fingerprint density at radius 3 is 2.58 bits per heavy atom. The number of aromatic nitrogens is 1. The van der Waals surface area contributed by atoms with Gasteiger partial charge in [0.1, 0.15) is 0 Å². The van der Waals surface area contributed by atoms with Crippen molar-refractivity contribution in [3.63, 3.8) is 0 Å². The van der Waals surface area contributed by atoms with E-state index in [2.05, 4.69) is 43.3 Å². The lowest BCUT2D eigenvalue weighted by Crippen LogP contribution is -2.41. The maximum absolute atomic E-state index is 5.91. The molecule has 3 rings (SSSR count). The normalized spacial score (nSPS) is 17.2. The van der Waals surface area contributed by atoms with Crippen molar-refractivity contribution in [1.82, 2.24) is 5.16 Å². The topological polar surface area (TPSA) is 52.0 Å². The predicted octanol–water partition coefficient (Wildman–Crippen LogP) is 3.34. The summed E-state index contributed by atoms with van der Waals surface area (Å²) in [4.78, 5) is 0. The van der Waals surface area contributed by atoms with E-state index in [9.17, 15) is 0 Å². The second-order valence-corrected chi connectivity index (χ2v) is 5.71. The second-order valence-electron chi connectivity index (χ2n) is 5.71. The lowest BCUT2D eigenvalue weighted by atomic mass is 9.66. The van der Waals surface area contributed by atoms with Crippen LogP contribution in [0.15, 0.2) is 28.8 Å². The van der Waals surface area contributed by atoms with Crippen LogP contribution in [0.5, 0.6) is 0 Å². The molecule has 2 aromatic rings. The summed E-state index contributed by atoms with van der Waals surface area (Å²) < 4.78 is 5.52. The number of hydrogen-bond acceptors (Lipinski definition) is 3. The van der Waals surface area contributed by atoms with Crippen LogP contribution in [0.4, 0.5) is 0 Å². The molecule has 0 amide bonds. The summed E-state index contributed by atoms with van der Waals surface area (Å²) >= 11 is 0. The maximum atomic E-state index is 5.91. The molecule has 0 spiro atoms. The van der Waals surface area contributed by atoms with Crippen LogP contribution in [0.3, 0.4) is 0 Å². The van der Waals surface area contributed by atoms with Gasteiger partial charge in [-0.05, 0) is 43.9 Å². The van der Waals surface area contributed by atoms with Crippen molar-refractivity contribution in [2.75, 3.05) is 6.54 Å². The van der Waals surface area contributed by atoms with E-state index in [0.717, 1.165) is 29.9 Å². The third-order valence-electron chi connectivity index (χ3n) is 4.55. The van der Waals surface area contributed by atoms with Gasteiger partial charge in [0.2, 0.25) is 0 Å². The molecule has 3 heteroatoms. The van der Waals surface area contributed by atoms with Gasteiger partial charge in [-0.2, -0.15) is 0 Å².